The van der Waals surface area contributed by atoms with Gasteiger partial charge in [0.05, 0.1) is 27.5 Å². The summed E-state index contributed by atoms with van der Waals surface area (Å²) < 4.78 is 116. The Kier molecular flexibility index (Phi) is 5.79. The molecule has 12 aromatic rings. The van der Waals surface area contributed by atoms with Crippen molar-refractivity contribution in [1.29, 1.82) is 0 Å². The summed E-state index contributed by atoms with van der Waals surface area (Å²) in [6.45, 7) is 0. The third-order valence-electron chi connectivity index (χ3n) is 11.4. The molecule has 61 heavy (non-hydrogen) atoms. The average Bonchev–Trinajstić information content (AvgIpc) is 3.97. The molecule has 0 N–H and O–H groups in total. The lowest BCUT2D eigenvalue weighted by Gasteiger charge is -2.26. The number of anilines is 3. The maximum absolute atomic E-state index is 9.60. The first-order valence-electron chi connectivity index (χ1n) is 25.9. The van der Waals surface area contributed by atoms with Crippen LogP contribution in [0, 0.1) is 0 Å². The molecule has 0 aliphatic carbocycles. The Labute approximate surface area is 370 Å². The van der Waals surface area contributed by atoms with E-state index in [0.717, 1.165) is 60.0 Å². The van der Waals surface area contributed by atoms with Crippen molar-refractivity contribution in [1.82, 2.24) is 4.57 Å². The van der Waals surface area contributed by atoms with E-state index >= 15 is 0 Å². The molecule has 0 atom stereocenters. The summed E-state index contributed by atoms with van der Waals surface area (Å²) in [5, 5.41) is 2.73. The van der Waals surface area contributed by atoms with Gasteiger partial charge in [-0.3, -0.25) is 0 Å². The number of para-hydroxylation sites is 2. The van der Waals surface area contributed by atoms with Crippen LogP contribution in [0.25, 0.3) is 93.6 Å². The number of aromatic nitrogens is 1. The van der Waals surface area contributed by atoms with Crippen molar-refractivity contribution >= 4 is 71.6 Å². The monoisotopic (exact) mass is 790 g/mol. The van der Waals surface area contributed by atoms with Gasteiger partial charge in [-0.05, 0) is 111 Å². The molecule has 0 spiro atoms. The molecular weight excluding hydrogens is 741 g/mol. The zero-order chi connectivity index (χ0) is 50.7. The lowest BCUT2D eigenvalue weighted by molar-refractivity contribution is 0.669. The number of hydrogen-bond donors (Lipinski definition) is 0. The van der Waals surface area contributed by atoms with Crippen molar-refractivity contribution in [2.75, 3.05) is 4.90 Å². The Morgan fingerprint density at radius 1 is 0.377 bits per heavy atom. The zero-order valence-corrected chi connectivity index (χ0v) is 32.3. The second-order valence-electron chi connectivity index (χ2n) is 14.8. The molecule has 3 heteroatoms. The standard InChI is InChI=1S/C58H38N2O/c1-4-15-39(16-5-1)41-27-31-44(32-28-41)59(45-33-29-42(30-34-45)40-17-6-2-7-18-40)46-35-36-51-55(37-46)61-56-38-52(47-21-10-11-22-48(47)58(51)56)49-24-14-26-54-57(49)50-23-12-13-25-53(50)60(54)43-19-8-3-9-20-43/h1-38H/i3D,8D,9D,12D,13D,14D,19D,20D,23D,24D,25D,26D. The second kappa shape index (κ2) is 14.3. The molecule has 0 saturated carbocycles. The Morgan fingerprint density at radius 3 is 1.64 bits per heavy atom. The van der Waals surface area contributed by atoms with Crippen molar-refractivity contribution in [2.24, 2.45) is 0 Å². The topological polar surface area (TPSA) is 21.3 Å². The first-order chi connectivity index (χ1) is 35.2. The molecule has 0 radical (unpaired) electrons. The van der Waals surface area contributed by atoms with Gasteiger partial charge in [-0.25, -0.2) is 0 Å². The third-order valence-corrected chi connectivity index (χ3v) is 11.4. The first-order valence-corrected chi connectivity index (χ1v) is 19.9. The van der Waals surface area contributed by atoms with E-state index in [1.165, 1.54) is 0 Å². The van der Waals surface area contributed by atoms with Crippen LogP contribution in [-0.2, 0) is 0 Å². The van der Waals surface area contributed by atoms with E-state index in [1.54, 1.807) is 6.07 Å². The minimum absolute atomic E-state index is 0.0186. The maximum atomic E-state index is 9.60. The van der Waals surface area contributed by atoms with Gasteiger partial charge < -0.3 is 13.9 Å². The van der Waals surface area contributed by atoms with Crippen molar-refractivity contribution < 1.29 is 20.9 Å². The number of nitrogens with zero attached hydrogens (tertiary/aromatic N) is 2. The van der Waals surface area contributed by atoms with Gasteiger partial charge in [0.25, 0.3) is 0 Å². The summed E-state index contributed by atoms with van der Waals surface area (Å²) >= 11 is 0. The minimum Gasteiger partial charge on any atom is -0.456 e. The fourth-order valence-electron chi connectivity index (χ4n) is 8.64. The Bertz CT molecular complexity index is 4160. The summed E-state index contributed by atoms with van der Waals surface area (Å²) in [7, 11) is 0. The summed E-state index contributed by atoms with van der Waals surface area (Å²) in [6.07, 6.45) is 0. The Morgan fingerprint density at radius 2 is 0.951 bits per heavy atom. The van der Waals surface area contributed by atoms with Crippen molar-refractivity contribution in [2.45, 2.75) is 0 Å². The third kappa shape index (κ3) is 5.82. The number of fused-ring (bicyclic) bond motifs is 8. The van der Waals surface area contributed by atoms with Crippen molar-refractivity contribution in [3.63, 3.8) is 0 Å². The van der Waals surface area contributed by atoms with Gasteiger partial charge in [0, 0.05) is 50.4 Å². The van der Waals surface area contributed by atoms with Crippen LogP contribution in [0.3, 0.4) is 0 Å². The quantitative estimate of drug-likeness (QED) is 0.160. The fraction of sp³-hybridized carbons (Fsp3) is 0. The highest BCUT2D eigenvalue weighted by atomic mass is 16.3. The lowest BCUT2D eigenvalue weighted by atomic mass is 9.92. The maximum Gasteiger partial charge on any atom is 0.137 e. The molecule has 0 aliphatic heterocycles. The van der Waals surface area contributed by atoms with Gasteiger partial charge in [-0.1, -0.05) is 158 Å². The molecule has 2 heterocycles. The van der Waals surface area contributed by atoms with Crippen LogP contribution >= 0.6 is 0 Å². The van der Waals surface area contributed by atoms with E-state index < -0.39 is 78.2 Å². The number of benzene rings is 10. The molecule has 2 aromatic heterocycles. The first kappa shape index (κ1) is 24.7. The van der Waals surface area contributed by atoms with E-state index in [4.69, 9.17) is 14.0 Å². The van der Waals surface area contributed by atoms with Crippen LogP contribution in [0.4, 0.5) is 17.1 Å². The number of rotatable bonds is 7. The predicted molar refractivity (Wildman–Crippen MR) is 257 cm³/mol. The molecule has 286 valence electrons. The van der Waals surface area contributed by atoms with Crippen LogP contribution in [0.1, 0.15) is 16.4 Å². The summed E-state index contributed by atoms with van der Waals surface area (Å²) in [5.74, 6) is 0. The molecule has 0 bridgehead atoms. The molecule has 10 aromatic carbocycles. The van der Waals surface area contributed by atoms with Crippen LogP contribution in [0.15, 0.2) is 235 Å². The largest absolute Gasteiger partial charge is 0.456 e. The van der Waals surface area contributed by atoms with E-state index in [9.17, 15) is 6.85 Å². The van der Waals surface area contributed by atoms with Crippen LogP contribution in [0.2, 0.25) is 0 Å². The molecule has 0 aliphatic rings. The normalized spacial score (nSPS) is 14.4. The van der Waals surface area contributed by atoms with Gasteiger partial charge in [-0.15, -0.1) is 0 Å². The van der Waals surface area contributed by atoms with Gasteiger partial charge in [0.1, 0.15) is 11.2 Å². The highest BCUT2D eigenvalue weighted by molar-refractivity contribution is 6.25. The molecule has 0 unspecified atom stereocenters. The van der Waals surface area contributed by atoms with E-state index in [1.807, 2.05) is 78.9 Å². The fourth-order valence-corrected chi connectivity index (χ4v) is 8.64. The molecule has 0 saturated heterocycles. The predicted octanol–water partition coefficient (Wildman–Crippen LogP) is 16.3. The SMILES string of the molecule is [2H]c1c([2H])c([2H])c(-n2c3c([2H])c([2H])c([2H])c([2H])c3c3c(-c4cc5oc6cc(N(c7ccc(-c8ccccc8)cc7)c7ccc(-c8ccccc8)cc7)ccc6c5c5ccccc45)c([2H])c([2H])c([2H])c32)c([2H])c1[2H]. The lowest BCUT2D eigenvalue weighted by Crippen LogP contribution is -2.09. The van der Waals surface area contributed by atoms with Crippen LogP contribution in [-0.4, -0.2) is 4.57 Å². The van der Waals surface area contributed by atoms with Crippen molar-refractivity contribution in [3.05, 3.63) is 230 Å². The minimum atomic E-state index is -0.698. The van der Waals surface area contributed by atoms with Gasteiger partial charge in [-0.2, -0.15) is 0 Å². The van der Waals surface area contributed by atoms with E-state index in [0.29, 0.717) is 22.1 Å². The molecule has 12 rings (SSSR count). The van der Waals surface area contributed by atoms with Crippen LogP contribution < -0.4 is 4.90 Å². The summed E-state index contributed by atoms with van der Waals surface area (Å²) in [5.41, 5.74) is 7.38. The van der Waals surface area contributed by atoms with Crippen molar-refractivity contribution in [3.8, 4) is 39.1 Å². The molecule has 0 amide bonds. The van der Waals surface area contributed by atoms with Gasteiger partial charge in [0.15, 0.2) is 0 Å². The van der Waals surface area contributed by atoms with Crippen LogP contribution in [0.5, 0.6) is 0 Å². The van der Waals surface area contributed by atoms with Gasteiger partial charge in [0.2, 0.25) is 0 Å². The number of furan rings is 1. The van der Waals surface area contributed by atoms with E-state index in [-0.39, 0.29) is 27.4 Å². The zero-order valence-electron chi connectivity index (χ0n) is 44.3. The summed E-state index contributed by atoms with van der Waals surface area (Å²) in [6, 6.07) is 45.0. The Balaban J connectivity index is 1.11. The summed E-state index contributed by atoms with van der Waals surface area (Å²) in [4.78, 5) is 2.16. The highest BCUT2D eigenvalue weighted by Gasteiger charge is 2.21. The smallest absolute Gasteiger partial charge is 0.137 e. The van der Waals surface area contributed by atoms with E-state index in [2.05, 4.69) is 77.7 Å². The average molecular weight is 791 g/mol. The molecule has 3 nitrogen and oxygen atoms in total. The highest BCUT2D eigenvalue weighted by Crippen LogP contribution is 2.46. The molecule has 0 fully saturated rings. The molecular formula is C58H38N2O. The Hall–Kier alpha value is -8.14. The number of hydrogen-bond acceptors (Lipinski definition) is 2. The van der Waals surface area contributed by atoms with Gasteiger partial charge >= 0.3 is 0 Å². The second-order valence-corrected chi connectivity index (χ2v) is 14.8.